The van der Waals surface area contributed by atoms with Crippen molar-refractivity contribution in [3.8, 4) is 0 Å². The lowest BCUT2D eigenvalue weighted by atomic mass is 10.1. The summed E-state index contributed by atoms with van der Waals surface area (Å²) in [6, 6.07) is 6.50. The van der Waals surface area contributed by atoms with Gasteiger partial charge in [0.1, 0.15) is 5.82 Å². The number of carbonyl (C=O) groups excluding carboxylic acids is 1. The molecular formula is C15H22FNOS. The molecule has 1 aromatic rings. The zero-order valence-electron chi connectivity index (χ0n) is 11.6. The van der Waals surface area contributed by atoms with Crippen LogP contribution in [0.4, 0.5) is 4.39 Å². The Hall–Kier alpha value is -1.03. The van der Waals surface area contributed by atoms with Gasteiger partial charge in [0.15, 0.2) is 0 Å². The average Bonchev–Trinajstić information content (AvgIpc) is 2.40. The van der Waals surface area contributed by atoms with Crippen LogP contribution in [0.15, 0.2) is 29.2 Å². The van der Waals surface area contributed by atoms with E-state index in [2.05, 4.69) is 12.2 Å². The van der Waals surface area contributed by atoms with E-state index in [0.29, 0.717) is 6.54 Å². The van der Waals surface area contributed by atoms with Crippen LogP contribution in [-0.4, -0.2) is 18.2 Å². The van der Waals surface area contributed by atoms with Gasteiger partial charge in [-0.2, -0.15) is 0 Å². The van der Waals surface area contributed by atoms with Crippen molar-refractivity contribution >= 4 is 17.7 Å². The Morgan fingerprint density at radius 2 is 2.05 bits per heavy atom. The van der Waals surface area contributed by atoms with Crippen molar-refractivity contribution in [2.75, 3.05) is 12.3 Å². The topological polar surface area (TPSA) is 29.1 Å². The first-order chi connectivity index (χ1) is 9.13. The molecule has 0 aliphatic carbocycles. The number of thioether (sulfide) groups is 1. The Kier molecular flexibility index (Phi) is 7.56. The molecule has 0 fully saturated rings. The third-order valence-corrected chi connectivity index (χ3v) is 3.97. The average molecular weight is 283 g/mol. The fourth-order valence-corrected chi connectivity index (χ4v) is 2.60. The zero-order chi connectivity index (χ0) is 14.1. The summed E-state index contributed by atoms with van der Waals surface area (Å²) < 4.78 is 12.7. The number of nitrogens with one attached hydrogen (secondary N) is 1. The number of hydrogen-bond donors (Lipinski definition) is 1. The molecule has 106 valence electrons. The van der Waals surface area contributed by atoms with Gasteiger partial charge in [-0.25, -0.2) is 4.39 Å². The lowest BCUT2D eigenvalue weighted by molar-refractivity contribution is -0.124. The summed E-state index contributed by atoms with van der Waals surface area (Å²) in [4.78, 5) is 12.7. The smallest absolute Gasteiger partial charge is 0.222 e. The highest BCUT2D eigenvalue weighted by Gasteiger charge is 2.10. The highest BCUT2D eigenvalue weighted by Crippen LogP contribution is 2.18. The molecule has 19 heavy (non-hydrogen) atoms. The molecule has 0 saturated heterocycles. The lowest BCUT2D eigenvalue weighted by Crippen LogP contribution is -2.30. The van der Waals surface area contributed by atoms with Crippen LogP contribution in [0.1, 0.15) is 33.1 Å². The predicted molar refractivity (Wildman–Crippen MR) is 78.8 cm³/mol. The van der Waals surface area contributed by atoms with Gasteiger partial charge in [0.05, 0.1) is 0 Å². The van der Waals surface area contributed by atoms with Crippen molar-refractivity contribution in [2.24, 2.45) is 5.92 Å². The number of amides is 1. The summed E-state index contributed by atoms with van der Waals surface area (Å²) in [5.74, 6) is 0.971. The van der Waals surface area contributed by atoms with Crippen molar-refractivity contribution in [2.45, 2.75) is 38.0 Å². The Balaban J connectivity index is 2.11. The molecule has 4 heteroatoms. The van der Waals surface area contributed by atoms with Crippen molar-refractivity contribution in [1.82, 2.24) is 5.32 Å². The normalized spacial score (nSPS) is 12.2. The van der Waals surface area contributed by atoms with E-state index < -0.39 is 0 Å². The molecule has 0 saturated carbocycles. The van der Waals surface area contributed by atoms with Gasteiger partial charge in [0.2, 0.25) is 5.91 Å². The lowest BCUT2D eigenvalue weighted by Gasteiger charge is -2.10. The van der Waals surface area contributed by atoms with Gasteiger partial charge in [0.25, 0.3) is 0 Å². The van der Waals surface area contributed by atoms with Gasteiger partial charge in [-0.15, -0.1) is 11.8 Å². The second kappa shape index (κ2) is 8.97. The summed E-state index contributed by atoms with van der Waals surface area (Å²) in [5, 5.41) is 2.95. The van der Waals surface area contributed by atoms with E-state index in [4.69, 9.17) is 0 Å². The van der Waals surface area contributed by atoms with Crippen LogP contribution in [0.25, 0.3) is 0 Å². The summed E-state index contributed by atoms with van der Waals surface area (Å²) in [5.41, 5.74) is 0. The van der Waals surface area contributed by atoms with E-state index in [0.717, 1.165) is 29.9 Å². The minimum atomic E-state index is -0.207. The molecule has 1 rings (SSSR count). The quantitative estimate of drug-likeness (QED) is 0.580. The van der Waals surface area contributed by atoms with E-state index in [-0.39, 0.29) is 17.6 Å². The molecule has 0 aromatic heterocycles. The van der Waals surface area contributed by atoms with Gasteiger partial charge < -0.3 is 5.32 Å². The third-order valence-electron chi connectivity index (χ3n) is 2.87. The van der Waals surface area contributed by atoms with Crippen molar-refractivity contribution in [1.29, 1.82) is 0 Å². The maximum Gasteiger partial charge on any atom is 0.222 e. The molecule has 1 aromatic carbocycles. The molecule has 1 amide bonds. The molecule has 1 atom stereocenters. The van der Waals surface area contributed by atoms with Gasteiger partial charge in [-0.3, -0.25) is 4.79 Å². The Bertz CT molecular complexity index is 380. The number of halogens is 1. The minimum absolute atomic E-state index is 0.106. The van der Waals surface area contributed by atoms with Crippen LogP contribution in [0.2, 0.25) is 0 Å². The van der Waals surface area contributed by atoms with E-state index in [1.54, 1.807) is 23.9 Å². The fourth-order valence-electron chi connectivity index (χ4n) is 1.74. The molecule has 0 aliphatic rings. The maximum atomic E-state index is 12.7. The number of carbonyl (C=O) groups is 1. The second-order valence-corrected chi connectivity index (χ2v) is 5.81. The van der Waals surface area contributed by atoms with Crippen molar-refractivity contribution in [3.63, 3.8) is 0 Å². The predicted octanol–water partition coefficient (Wildman–Crippen LogP) is 3.86. The van der Waals surface area contributed by atoms with Crippen LogP contribution in [-0.2, 0) is 4.79 Å². The molecule has 0 bridgehead atoms. The second-order valence-electron chi connectivity index (χ2n) is 4.64. The largest absolute Gasteiger partial charge is 0.356 e. The van der Waals surface area contributed by atoms with E-state index in [1.807, 2.05) is 6.92 Å². The van der Waals surface area contributed by atoms with Crippen LogP contribution in [0, 0.1) is 11.7 Å². The molecular weight excluding hydrogens is 261 g/mol. The molecule has 0 radical (unpaired) electrons. The van der Waals surface area contributed by atoms with Gasteiger partial charge in [-0.05, 0) is 42.9 Å². The summed E-state index contributed by atoms with van der Waals surface area (Å²) in [6.07, 6.45) is 2.90. The van der Waals surface area contributed by atoms with Gasteiger partial charge >= 0.3 is 0 Å². The van der Waals surface area contributed by atoms with Gasteiger partial charge in [0, 0.05) is 17.4 Å². The van der Waals surface area contributed by atoms with Crippen LogP contribution in [0.3, 0.4) is 0 Å². The van der Waals surface area contributed by atoms with Gasteiger partial charge in [-0.1, -0.05) is 20.3 Å². The number of hydrogen-bond acceptors (Lipinski definition) is 2. The Morgan fingerprint density at radius 1 is 1.37 bits per heavy atom. The molecule has 1 N–H and O–H groups in total. The highest BCUT2D eigenvalue weighted by molar-refractivity contribution is 7.99. The Morgan fingerprint density at radius 3 is 2.68 bits per heavy atom. The summed E-state index contributed by atoms with van der Waals surface area (Å²) >= 11 is 1.68. The highest BCUT2D eigenvalue weighted by atomic mass is 32.2. The first-order valence-corrected chi connectivity index (χ1v) is 7.78. The van der Waals surface area contributed by atoms with Crippen LogP contribution < -0.4 is 5.32 Å². The number of rotatable bonds is 8. The van der Waals surface area contributed by atoms with Crippen molar-refractivity contribution < 1.29 is 9.18 Å². The number of benzene rings is 1. The molecule has 1 unspecified atom stereocenters. The summed E-state index contributed by atoms with van der Waals surface area (Å²) in [6.45, 7) is 4.76. The first kappa shape index (κ1) is 16.0. The SMILES string of the molecule is CCCC(C)C(=O)NCCCSc1ccc(F)cc1. The Labute approximate surface area is 119 Å². The molecule has 0 aliphatic heterocycles. The van der Waals surface area contributed by atoms with Crippen LogP contribution >= 0.6 is 11.8 Å². The summed E-state index contributed by atoms with van der Waals surface area (Å²) in [7, 11) is 0. The zero-order valence-corrected chi connectivity index (χ0v) is 12.4. The standard InChI is InChI=1S/C15H22FNOS/c1-3-5-12(2)15(18)17-10-4-11-19-14-8-6-13(16)7-9-14/h6-9,12H,3-5,10-11H2,1-2H3,(H,17,18). The van der Waals surface area contributed by atoms with E-state index in [1.165, 1.54) is 12.1 Å². The third kappa shape index (κ3) is 6.62. The van der Waals surface area contributed by atoms with Crippen molar-refractivity contribution in [3.05, 3.63) is 30.1 Å². The molecule has 0 heterocycles. The van der Waals surface area contributed by atoms with E-state index >= 15 is 0 Å². The fraction of sp³-hybridized carbons (Fsp3) is 0.533. The minimum Gasteiger partial charge on any atom is -0.356 e. The van der Waals surface area contributed by atoms with E-state index in [9.17, 15) is 9.18 Å². The monoisotopic (exact) mass is 283 g/mol. The molecule has 0 spiro atoms. The first-order valence-electron chi connectivity index (χ1n) is 6.79. The van der Waals surface area contributed by atoms with Crippen LogP contribution in [0.5, 0.6) is 0 Å². The maximum absolute atomic E-state index is 12.7. The molecule has 2 nitrogen and oxygen atoms in total.